The molecule has 20 heavy (non-hydrogen) atoms. The van der Waals surface area contributed by atoms with Gasteiger partial charge in [0.2, 0.25) is 0 Å². The maximum atomic E-state index is 11.8. The largest absolute Gasteiger partial charge is 0.462 e. The molecule has 0 atom stereocenters. The predicted molar refractivity (Wildman–Crippen MR) is 82.4 cm³/mol. The summed E-state index contributed by atoms with van der Waals surface area (Å²) in [5.74, 6) is 2.70. The number of esters is 1. The minimum Gasteiger partial charge on any atom is -0.462 e. The first-order valence-corrected chi connectivity index (χ1v) is 8.13. The molecule has 0 bridgehead atoms. The molecule has 1 aromatic heterocycles. The Kier molecular flexibility index (Phi) is 6.14. The third kappa shape index (κ3) is 4.38. The first-order valence-electron chi connectivity index (χ1n) is 6.97. The average molecular weight is 295 g/mol. The van der Waals surface area contributed by atoms with Crippen molar-refractivity contribution in [3.8, 4) is 0 Å². The summed E-state index contributed by atoms with van der Waals surface area (Å²) in [6.07, 6.45) is 1.68. The minimum atomic E-state index is -0.322. The van der Waals surface area contributed by atoms with Crippen molar-refractivity contribution < 1.29 is 9.53 Å². The molecule has 1 saturated heterocycles. The van der Waals surface area contributed by atoms with E-state index in [1.165, 1.54) is 11.5 Å². The second kappa shape index (κ2) is 8.11. The smallest absolute Gasteiger partial charge is 0.341 e. The Morgan fingerprint density at radius 1 is 1.50 bits per heavy atom. The number of pyridine rings is 1. The third-order valence-corrected chi connectivity index (χ3v) is 4.07. The first-order chi connectivity index (χ1) is 9.81. The van der Waals surface area contributed by atoms with E-state index in [0.29, 0.717) is 18.0 Å². The maximum absolute atomic E-state index is 11.8. The fourth-order valence-corrected chi connectivity index (χ4v) is 3.06. The highest BCUT2D eigenvalue weighted by atomic mass is 32.2. The van der Waals surface area contributed by atoms with Crippen molar-refractivity contribution in [2.45, 2.75) is 6.92 Å². The van der Waals surface area contributed by atoms with Crippen LogP contribution in [0.2, 0.25) is 0 Å². The molecule has 0 radical (unpaired) electrons. The van der Waals surface area contributed by atoms with Gasteiger partial charge < -0.3 is 10.1 Å². The number of hydrogen-bond acceptors (Lipinski definition) is 6. The first kappa shape index (κ1) is 15.1. The molecule has 0 spiro atoms. The van der Waals surface area contributed by atoms with E-state index in [0.717, 1.165) is 26.2 Å². The van der Waals surface area contributed by atoms with E-state index in [9.17, 15) is 4.79 Å². The summed E-state index contributed by atoms with van der Waals surface area (Å²) < 4.78 is 5.03. The number of anilines is 1. The van der Waals surface area contributed by atoms with Gasteiger partial charge >= 0.3 is 5.97 Å². The highest BCUT2D eigenvalue weighted by Gasteiger charge is 2.14. The molecule has 0 amide bonds. The second-order valence-electron chi connectivity index (χ2n) is 4.50. The standard InChI is InChI=1S/C14H21N3O2S/c1-2-19-14(18)12-4-3-5-15-13(12)16-6-7-17-8-10-20-11-9-17/h3-5H,2,6-11H2,1H3,(H,15,16). The molecule has 1 aromatic rings. The topological polar surface area (TPSA) is 54.5 Å². The highest BCUT2D eigenvalue weighted by Crippen LogP contribution is 2.13. The number of carbonyl (C=O) groups excluding carboxylic acids is 1. The fraction of sp³-hybridized carbons (Fsp3) is 0.571. The van der Waals surface area contributed by atoms with E-state index in [2.05, 4.69) is 15.2 Å². The third-order valence-electron chi connectivity index (χ3n) is 3.13. The van der Waals surface area contributed by atoms with Gasteiger partial charge in [-0.15, -0.1) is 0 Å². The van der Waals surface area contributed by atoms with Gasteiger partial charge in [0.25, 0.3) is 0 Å². The Hall–Kier alpha value is -1.27. The number of carbonyl (C=O) groups is 1. The molecule has 2 heterocycles. The van der Waals surface area contributed by atoms with Crippen LogP contribution in [0.4, 0.5) is 5.82 Å². The van der Waals surface area contributed by atoms with Crippen LogP contribution in [0.1, 0.15) is 17.3 Å². The number of thioether (sulfide) groups is 1. The average Bonchev–Trinajstić information content (AvgIpc) is 2.49. The zero-order valence-electron chi connectivity index (χ0n) is 11.8. The van der Waals surface area contributed by atoms with Crippen LogP contribution in [0, 0.1) is 0 Å². The van der Waals surface area contributed by atoms with E-state index in [1.807, 2.05) is 11.8 Å². The van der Waals surface area contributed by atoms with Crippen LogP contribution in [0.5, 0.6) is 0 Å². The van der Waals surface area contributed by atoms with Crippen molar-refractivity contribution in [3.63, 3.8) is 0 Å². The fourth-order valence-electron chi connectivity index (χ4n) is 2.08. The lowest BCUT2D eigenvalue weighted by molar-refractivity contribution is 0.0527. The van der Waals surface area contributed by atoms with Crippen molar-refractivity contribution >= 4 is 23.5 Å². The van der Waals surface area contributed by atoms with Crippen molar-refractivity contribution in [1.29, 1.82) is 0 Å². The lowest BCUT2D eigenvalue weighted by atomic mass is 10.2. The Morgan fingerprint density at radius 3 is 3.05 bits per heavy atom. The van der Waals surface area contributed by atoms with E-state index in [1.54, 1.807) is 25.3 Å². The van der Waals surface area contributed by atoms with Gasteiger partial charge in [-0.05, 0) is 19.1 Å². The molecule has 1 aliphatic rings. The maximum Gasteiger partial charge on any atom is 0.341 e. The van der Waals surface area contributed by atoms with Gasteiger partial charge in [0.15, 0.2) is 0 Å². The SMILES string of the molecule is CCOC(=O)c1cccnc1NCCN1CCSCC1. The van der Waals surface area contributed by atoms with Gasteiger partial charge in [-0.25, -0.2) is 9.78 Å². The normalized spacial score (nSPS) is 15.8. The second-order valence-corrected chi connectivity index (χ2v) is 5.73. The van der Waals surface area contributed by atoms with E-state index < -0.39 is 0 Å². The van der Waals surface area contributed by atoms with E-state index >= 15 is 0 Å². The molecule has 110 valence electrons. The van der Waals surface area contributed by atoms with Crippen LogP contribution in [0.3, 0.4) is 0 Å². The molecule has 5 nitrogen and oxygen atoms in total. The van der Waals surface area contributed by atoms with E-state index in [4.69, 9.17) is 4.74 Å². The van der Waals surface area contributed by atoms with Gasteiger partial charge in [-0.1, -0.05) is 0 Å². The van der Waals surface area contributed by atoms with Crippen molar-refractivity contribution in [2.24, 2.45) is 0 Å². The summed E-state index contributed by atoms with van der Waals surface area (Å²) >= 11 is 2.00. The zero-order valence-corrected chi connectivity index (χ0v) is 12.6. The monoisotopic (exact) mass is 295 g/mol. The Labute approximate surface area is 124 Å². The summed E-state index contributed by atoms with van der Waals surface area (Å²) in [5.41, 5.74) is 0.503. The molecule has 0 saturated carbocycles. The lowest BCUT2D eigenvalue weighted by Gasteiger charge is -2.26. The van der Waals surface area contributed by atoms with Crippen LogP contribution in [-0.4, -0.2) is 60.1 Å². The molecule has 2 rings (SSSR count). The number of rotatable bonds is 6. The summed E-state index contributed by atoms with van der Waals surface area (Å²) in [4.78, 5) is 18.5. The molecule has 0 unspecified atom stereocenters. The molecule has 1 fully saturated rings. The molecule has 6 heteroatoms. The predicted octanol–water partition coefficient (Wildman–Crippen LogP) is 1.72. The molecule has 0 aromatic carbocycles. The number of aromatic nitrogens is 1. The van der Waals surface area contributed by atoms with Crippen LogP contribution in [0.25, 0.3) is 0 Å². The highest BCUT2D eigenvalue weighted by molar-refractivity contribution is 7.99. The number of ether oxygens (including phenoxy) is 1. The Morgan fingerprint density at radius 2 is 2.30 bits per heavy atom. The van der Waals surface area contributed by atoms with Crippen molar-refractivity contribution in [2.75, 3.05) is 49.6 Å². The molecule has 1 aliphatic heterocycles. The van der Waals surface area contributed by atoms with Crippen LogP contribution < -0.4 is 5.32 Å². The number of nitrogens with zero attached hydrogens (tertiary/aromatic N) is 2. The Balaban J connectivity index is 1.86. The van der Waals surface area contributed by atoms with Gasteiger partial charge in [-0.2, -0.15) is 11.8 Å². The van der Waals surface area contributed by atoms with E-state index in [-0.39, 0.29) is 5.97 Å². The lowest BCUT2D eigenvalue weighted by Crippen LogP contribution is -2.36. The van der Waals surface area contributed by atoms with Crippen LogP contribution in [0.15, 0.2) is 18.3 Å². The van der Waals surface area contributed by atoms with Gasteiger partial charge in [0.1, 0.15) is 11.4 Å². The van der Waals surface area contributed by atoms with Gasteiger partial charge in [0.05, 0.1) is 6.61 Å². The molecular formula is C14H21N3O2S. The van der Waals surface area contributed by atoms with Crippen LogP contribution in [-0.2, 0) is 4.74 Å². The van der Waals surface area contributed by atoms with Gasteiger partial charge in [-0.3, -0.25) is 4.90 Å². The van der Waals surface area contributed by atoms with Gasteiger partial charge in [0, 0.05) is 43.9 Å². The number of hydrogen-bond donors (Lipinski definition) is 1. The summed E-state index contributed by atoms with van der Waals surface area (Å²) in [6, 6.07) is 3.49. The van der Waals surface area contributed by atoms with Crippen LogP contribution >= 0.6 is 11.8 Å². The minimum absolute atomic E-state index is 0.322. The quantitative estimate of drug-likeness (QED) is 0.807. The molecular weight excluding hydrogens is 274 g/mol. The Bertz CT molecular complexity index is 436. The zero-order chi connectivity index (χ0) is 14.2. The number of nitrogens with one attached hydrogen (secondary N) is 1. The summed E-state index contributed by atoms with van der Waals surface area (Å²) in [6.45, 7) is 6.21. The summed E-state index contributed by atoms with van der Waals surface area (Å²) in [5, 5.41) is 3.24. The molecule has 1 N–H and O–H groups in total. The summed E-state index contributed by atoms with van der Waals surface area (Å²) in [7, 11) is 0. The van der Waals surface area contributed by atoms with Crippen molar-refractivity contribution in [3.05, 3.63) is 23.9 Å². The molecule has 0 aliphatic carbocycles. The van der Waals surface area contributed by atoms with Crippen molar-refractivity contribution in [1.82, 2.24) is 9.88 Å².